The molecular weight excluding hydrogens is 454 g/mol. The van der Waals surface area contributed by atoms with Crippen molar-refractivity contribution in [1.29, 1.82) is 0 Å². The van der Waals surface area contributed by atoms with Crippen molar-refractivity contribution in [1.82, 2.24) is 9.80 Å². The Hall–Kier alpha value is -4.00. The highest BCUT2D eigenvalue weighted by Crippen LogP contribution is 2.44. The van der Waals surface area contributed by atoms with Crippen molar-refractivity contribution in [3.63, 3.8) is 0 Å². The molecule has 7 heteroatoms. The van der Waals surface area contributed by atoms with E-state index in [1.807, 2.05) is 65.6 Å². The van der Waals surface area contributed by atoms with E-state index in [4.69, 9.17) is 9.47 Å². The van der Waals surface area contributed by atoms with Gasteiger partial charge in [0.25, 0.3) is 5.91 Å². The number of hydrogen-bond acceptors (Lipinski definition) is 5. The molecule has 2 amide bonds. The third kappa shape index (κ3) is 4.15. The molecule has 36 heavy (non-hydrogen) atoms. The van der Waals surface area contributed by atoms with E-state index in [2.05, 4.69) is 17.0 Å². The summed E-state index contributed by atoms with van der Waals surface area (Å²) < 4.78 is 10.9. The average molecular weight is 486 g/mol. The van der Waals surface area contributed by atoms with E-state index in [-0.39, 0.29) is 11.8 Å². The minimum absolute atomic E-state index is 0.0364. The molecule has 1 saturated heterocycles. The summed E-state index contributed by atoms with van der Waals surface area (Å²) >= 11 is 0. The fourth-order valence-electron chi connectivity index (χ4n) is 5.41. The van der Waals surface area contributed by atoms with Crippen molar-refractivity contribution in [2.75, 3.05) is 52.3 Å². The number of anilines is 1. The maximum Gasteiger partial charge on any atom is 0.254 e. The molecule has 0 spiro atoms. The summed E-state index contributed by atoms with van der Waals surface area (Å²) in [5.74, 6) is 0.589. The Bertz CT molecular complexity index is 1250. The molecule has 0 saturated carbocycles. The largest absolute Gasteiger partial charge is 0.493 e. The van der Waals surface area contributed by atoms with E-state index in [1.165, 1.54) is 5.69 Å². The molecule has 0 aromatic heterocycles. The first kappa shape index (κ1) is 23.7. The van der Waals surface area contributed by atoms with Crippen LogP contribution in [0.1, 0.15) is 33.4 Å². The number of fused-ring (bicyclic) bond motifs is 1. The summed E-state index contributed by atoms with van der Waals surface area (Å²) in [5.41, 5.74) is 3.36. The number of carbonyl (C=O) groups excluding carboxylic acids is 2. The number of piperazine rings is 1. The lowest BCUT2D eigenvalue weighted by Gasteiger charge is -2.43. The highest BCUT2D eigenvalue weighted by molar-refractivity contribution is 6.01. The molecule has 186 valence electrons. The quantitative estimate of drug-likeness (QED) is 0.548. The number of amides is 2. The minimum Gasteiger partial charge on any atom is -0.493 e. The first-order chi connectivity index (χ1) is 17.5. The zero-order valence-electron chi connectivity index (χ0n) is 20.9. The summed E-state index contributed by atoms with van der Waals surface area (Å²) in [6.45, 7) is 2.78. The first-order valence-corrected chi connectivity index (χ1v) is 12.2. The molecule has 5 rings (SSSR count). The Morgan fingerprint density at radius 1 is 0.833 bits per heavy atom. The highest BCUT2D eigenvalue weighted by atomic mass is 16.5. The first-order valence-electron chi connectivity index (χ1n) is 12.2. The number of hydrogen-bond donors (Lipinski definition) is 0. The molecule has 3 aromatic rings. The second-order valence-corrected chi connectivity index (χ2v) is 9.19. The molecule has 0 bridgehead atoms. The molecule has 2 atom stereocenters. The van der Waals surface area contributed by atoms with Gasteiger partial charge in [0.2, 0.25) is 5.91 Å². The van der Waals surface area contributed by atoms with E-state index >= 15 is 0 Å². The van der Waals surface area contributed by atoms with Crippen molar-refractivity contribution in [3.05, 3.63) is 89.5 Å². The monoisotopic (exact) mass is 485 g/mol. The van der Waals surface area contributed by atoms with Gasteiger partial charge in [-0.15, -0.1) is 0 Å². The van der Waals surface area contributed by atoms with Crippen LogP contribution in [0.25, 0.3) is 0 Å². The average Bonchev–Trinajstić information content (AvgIpc) is 2.94. The molecule has 1 fully saturated rings. The van der Waals surface area contributed by atoms with Crippen LogP contribution < -0.4 is 14.4 Å². The van der Waals surface area contributed by atoms with Gasteiger partial charge in [-0.25, -0.2) is 0 Å². The van der Waals surface area contributed by atoms with Gasteiger partial charge < -0.3 is 24.2 Å². The molecule has 2 heterocycles. The second kappa shape index (κ2) is 9.93. The number of ether oxygens (including phenoxy) is 2. The fourth-order valence-corrected chi connectivity index (χ4v) is 5.41. The Morgan fingerprint density at radius 2 is 1.50 bits per heavy atom. The fraction of sp³-hybridized carbons (Fsp3) is 0.310. The van der Waals surface area contributed by atoms with Crippen LogP contribution in [-0.4, -0.2) is 69.1 Å². The Balaban J connectivity index is 1.49. The molecule has 0 N–H and O–H groups in total. The van der Waals surface area contributed by atoms with Gasteiger partial charge in [0.15, 0.2) is 11.5 Å². The third-order valence-electron chi connectivity index (χ3n) is 7.31. The number of methoxy groups -OCH3 is 2. The highest BCUT2D eigenvalue weighted by Gasteiger charge is 2.44. The van der Waals surface area contributed by atoms with Gasteiger partial charge in [-0.3, -0.25) is 9.59 Å². The van der Waals surface area contributed by atoms with Crippen LogP contribution >= 0.6 is 0 Å². The van der Waals surface area contributed by atoms with Gasteiger partial charge in [0.05, 0.1) is 26.2 Å². The van der Waals surface area contributed by atoms with Gasteiger partial charge in [0, 0.05) is 44.5 Å². The Labute approximate surface area is 211 Å². The standard InChI is InChI=1S/C29H31N3O4/c1-30-27(20-13-14-24(35-2)25(19-20)36-3)26(22-11-7-8-12-23(22)28(30)33)29(34)32-17-15-31(16-18-32)21-9-5-4-6-10-21/h4-14,19,26-27H,15-18H2,1-3H3/t26-,27-/m0/s1. The Morgan fingerprint density at radius 3 is 2.19 bits per heavy atom. The van der Waals surface area contributed by atoms with Crippen molar-refractivity contribution in [2.45, 2.75) is 12.0 Å². The number of benzene rings is 3. The smallest absolute Gasteiger partial charge is 0.254 e. The van der Waals surface area contributed by atoms with E-state index in [0.29, 0.717) is 30.2 Å². The van der Waals surface area contributed by atoms with E-state index < -0.39 is 12.0 Å². The SMILES string of the molecule is COc1ccc([C@H]2[C@@H](C(=O)N3CCN(c4ccccc4)CC3)c3ccccc3C(=O)N2C)cc1OC. The number of likely N-dealkylation sites (N-methyl/N-ethyl adjacent to an activating group) is 1. The number of rotatable bonds is 5. The van der Waals surface area contributed by atoms with Crippen molar-refractivity contribution < 1.29 is 19.1 Å². The lowest BCUT2D eigenvalue weighted by molar-refractivity contribution is -0.134. The van der Waals surface area contributed by atoms with Gasteiger partial charge in [0.1, 0.15) is 0 Å². The van der Waals surface area contributed by atoms with Gasteiger partial charge >= 0.3 is 0 Å². The number of nitrogens with zero attached hydrogens (tertiary/aromatic N) is 3. The van der Waals surface area contributed by atoms with Crippen LogP contribution in [0.4, 0.5) is 5.69 Å². The van der Waals surface area contributed by atoms with Gasteiger partial charge in [-0.05, 0) is 41.5 Å². The third-order valence-corrected chi connectivity index (χ3v) is 7.31. The van der Waals surface area contributed by atoms with Gasteiger partial charge in [-0.1, -0.05) is 42.5 Å². The molecular formula is C29H31N3O4. The molecule has 7 nitrogen and oxygen atoms in total. The predicted molar refractivity (Wildman–Crippen MR) is 139 cm³/mol. The van der Waals surface area contributed by atoms with E-state index in [9.17, 15) is 9.59 Å². The second-order valence-electron chi connectivity index (χ2n) is 9.19. The summed E-state index contributed by atoms with van der Waals surface area (Å²) in [5, 5.41) is 0. The van der Waals surface area contributed by atoms with Crippen molar-refractivity contribution in [2.24, 2.45) is 0 Å². The maximum absolute atomic E-state index is 14.2. The van der Waals surface area contributed by atoms with Crippen molar-refractivity contribution in [3.8, 4) is 11.5 Å². The van der Waals surface area contributed by atoms with Crippen LogP contribution in [0.5, 0.6) is 11.5 Å². The van der Waals surface area contributed by atoms with Gasteiger partial charge in [-0.2, -0.15) is 0 Å². The van der Waals surface area contributed by atoms with Crippen LogP contribution in [0.15, 0.2) is 72.8 Å². The molecule has 2 aliphatic rings. The van der Waals surface area contributed by atoms with E-state index in [1.54, 1.807) is 26.2 Å². The topological polar surface area (TPSA) is 62.3 Å². The molecule has 3 aromatic carbocycles. The van der Waals surface area contributed by atoms with Crippen LogP contribution in [-0.2, 0) is 4.79 Å². The number of para-hydroxylation sites is 1. The summed E-state index contributed by atoms with van der Waals surface area (Å²) in [4.78, 5) is 33.5. The van der Waals surface area contributed by atoms with Crippen LogP contribution in [0.3, 0.4) is 0 Å². The van der Waals surface area contributed by atoms with Crippen LogP contribution in [0, 0.1) is 0 Å². The maximum atomic E-state index is 14.2. The zero-order valence-corrected chi connectivity index (χ0v) is 20.9. The Kier molecular flexibility index (Phi) is 6.55. The predicted octanol–water partition coefficient (Wildman–Crippen LogP) is 3.96. The van der Waals surface area contributed by atoms with E-state index in [0.717, 1.165) is 24.2 Å². The lowest BCUT2D eigenvalue weighted by Crippen LogP contribution is -2.53. The zero-order chi connectivity index (χ0) is 25.2. The summed E-state index contributed by atoms with van der Waals surface area (Å²) in [7, 11) is 4.94. The molecule has 0 aliphatic carbocycles. The normalized spacial score (nSPS) is 19.6. The lowest BCUT2D eigenvalue weighted by atomic mass is 9.79. The molecule has 0 radical (unpaired) electrons. The minimum atomic E-state index is -0.523. The number of carbonyl (C=O) groups is 2. The van der Waals surface area contributed by atoms with Crippen LogP contribution in [0.2, 0.25) is 0 Å². The summed E-state index contributed by atoms with van der Waals surface area (Å²) in [6, 6.07) is 22.9. The summed E-state index contributed by atoms with van der Waals surface area (Å²) in [6.07, 6.45) is 0. The molecule has 0 unspecified atom stereocenters. The van der Waals surface area contributed by atoms with Crippen molar-refractivity contribution >= 4 is 17.5 Å². The molecule has 2 aliphatic heterocycles.